The summed E-state index contributed by atoms with van der Waals surface area (Å²) < 4.78 is 0. The van der Waals surface area contributed by atoms with E-state index in [2.05, 4.69) is 37.5 Å². The van der Waals surface area contributed by atoms with Gasteiger partial charge < -0.3 is 0 Å². The van der Waals surface area contributed by atoms with Gasteiger partial charge in [-0.25, -0.2) is 0 Å². The minimum atomic E-state index is 1.16. The standard InChI is InChI=1S/C20H32N2/c1-15-16(2)20(14-22-11-7-8-12-22)18(4)17(3)19(15)13-21-9-5-6-10-21/h5-14H2,1-4H3. The van der Waals surface area contributed by atoms with E-state index in [1.807, 2.05) is 0 Å². The normalized spacial score (nSPS) is 20.2. The van der Waals surface area contributed by atoms with E-state index in [9.17, 15) is 0 Å². The predicted octanol–water partition coefficient (Wildman–Crippen LogP) is 4.11. The molecule has 0 radical (unpaired) electrons. The Kier molecular flexibility index (Phi) is 4.89. The van der Waals surface area contributed by atoms with Crippen LogP contribution < -0.4 is 0 Å². The third kappa shape index (κ3) is 3.09. The minimum absolute atomic E-state index is 1.16. The van der Waals surface area contributed by atoms with Gasteiger partial charge in [-0.15, -0.1) is 0 Å². The molecule has 3 rings (SSSR count). The van der Waals surface area contributed by atoms with Crippen LogP contribution >= 0.6 is 0 Å². The van der Waals surface area contributed by atoms with Crippen LogP contribution in [0.15, 0.2) is 0 Å². The molecule has 2 heteroatoms. The minimum Gasteiger partial charge on any atom is -0.299 e. The molecule has 0 atom stereocenters. The van der Waals surface area contributed by atoms with Crippen molar-refractivity contribution in [2.45, 2.75) is 66.5 Å². The lowest BCUT2D eigenvalue weighted by atomic mass is 9.88. The Labute approximate surface area is 136 Å². The predicted molar refractivity (Wildman–Crippen MR) is 94.4 cm³/mol. The monoisotopic (exact) mass is 300 g/mol. The van der Waals surface area contributed by atoms with E-state index < -0.39 is 0 Å². The molecule has 0 unspecified atom stereocenters. The van der Waals surface area contributed by atoms with Crippen LogP contribution in [0.1, 0.15) is 59.1 Å². The Morgan fingerprint density at radius 3 is 1.09 bits per heavy atom. The second-order valence-electron chi connectivity index (χ2n) is 7.42. The largest absolute Gasteiger partial charge is 0.299 e. The number of rotatable bonds is 4. The third-order valence-electron chi connectivity index (χ3n) is 6.10. The molecule has 0 bridgehead atoms. The maximum Gasteiger partial charge on any atom is 0.0239 e. The zero-order valence-electron chi connectivity index (χ0n) is 15.0. The molecule has 2 nitrogen and oxygen atoms in total. The smallest absolute Gasteiger partial charge is 0.0239 e. The lowest BCUT2D eigenvalue weighted by Gasteiger charge is -2.26. The summed E-state index contributed by atoms with van der Waals surface area (Å²) in [5.74, 6) is 0. The number of likely N-dealkylation sites (tertiary alicyclic amines) is 2. The van der Waals surface area contributed by atoms with Crippen LogP contribution in [0.4, 0.5) is 0 Å². The van der Waals surface area contributed by atoms with Gasteiger partial charge in [-0.1, -0.05) is 0 Å². The molecule has 2 saturated heterocycles. The molecule has 2 fully saturated rings. The fraction of sp³-hybridized carbons (Fsp3) is 0.700. The SMILES string of the molecule is Cc1c(C)c(CN2CCCC2)c(C)c(C)c1CN1CCCC1. The molecule has 122 valence electrons. The van der Waals surface area contributed by atoms with E-state index >= 15 is 0 Å². The molecule has 2 aliphatic rings. The molecular formula is C20H32N2. The first-order valence-electron chi connectivity index (χ1n) is 9.10. The fourth-order valence-electron chi connectivity index (χ4n) is 4.27. The number of hydrogen-bond donors (Lipinski definition) is 0. The van der Waals surface area contributed by atoms with Crippen LogP contribution in [0, 0.1) is 27.7 Å². The van der Waals surface area contributed by atoms with E-state index in [1.165, 1.54) is 51.9 Å². The van der Waals surface area contributed by atoms with Crippen molar-refractivity contribution in [2.24, 2.45) is 0 Å². The molecule has 0 N–H and O–H groups in total. The van der Waals surface area contributed by atoms with Crippen LogP contribution in [0.25, 0.3) is 0 Å². The zero-order valence-corrected chi connectivity index (χ0v) is 15.0. The summed E-state index contributed by atoms with van der Waals surface area (Å²) >= 11 is 0. The zero-order chi connectivity index (χ0) is 15.7. The molecule has 0 amide bonds. The molecule has 22 heavy (non-hydrogen) atoms. The second kappa shape index (κ2) is 6.72. The van der Waals surface area contributed by atoms with Crippen LogP contribution in [0.3, 0.4) is 0 Å². The molecule has 2 heterocycles. The van der Waals surface area contributed by atoms with Gasteiger partial charge >= 0.3 is 0 Å². The summed E-state index contributed by atoms with van der Waals surface area (Å²) in [5.41, 5.74) is 9.38. The summed E-state index contributed by atoms with van der Waals surface area (Å²) in [6.07, 6.45) is 5.51. The van der Waals surface area contributed by atoms with Crippen LogP contribution in [0.2, 0.25) is 0 Å². The third-order valence-corrected chi connectivity index (χ3v) is 6.10. The van der Waals surface area contributed by atoms with Crippen molar-refractivity contribution in [2.75, 3.05) is 26.2 Å². The van der Waals surface area contributed by atoms with Crippen molar-refractivity contribution < 1.29 is 0 Å². The van der Waals surface area contributed by atoms with Gasteiger partial charge in [0.2, 0.25) is 0 Å². The van der Waals surface area contributed by atoms with Gasteiger partial charge in [-0.05, 0) is 113 Å². The highest BCUT2D eigenvalue weighted by Crippen LogP contribution is 2.30. The molecule has 1 aromatic carbocycles. The molecule has 0 aromatic heterocycles. The summed E-state index contributed by atoms with van der Waals surface area (Å²) in [7, 11) is 0. The van der Waals surface area contributed by atoms with Gasteiger partial charge in [0.1, 0.15) is 0 Å². The Morgan fingerprint density at radius 1 is 0.545 bits per heavy atom. The highest BCUT2D eigenvalue weighted by Gasteiger charge is 2.21. The van der Waals surface area contributed by atoms with Gasteiger partial charge in [0.15, 0.2) is 0 Å². The van der Waals surface area contributed by atoms with Gasteiger partial charge in [0, 0.05) is 13.1 Å². The lowest BCUT2D eigenvalue weighted by molar-refractivity contribution is 0.326. The maximum absolute atomic E-state index is 2.63. The average molecular weight is 300 g/mol. The summed E-state index contributed by atoms with van der Waals surface area (Å²) in [6.45, 7) is 16.8. The average Bonchev–Trinajstić information content (AvgIpc) is 3.19. The molecule has 0 saturated carbocycles. The Bertz CT molecular complexity index is 457. The Morgan fingerprint density at radius 2 is 0.818 bits per heavy atom. The van der Waals surface area contributed by atoms with Crippen molar-refractivity contribution >= 4 is 0 Å². The van der Waals surface area contributed by atoms with E-state index in [4.69, 9.17) is 0 Å². The number of hydrogen-bond acceptors (Lipinski definition) is 2. The molecular weight excluding hydrogens is 268 g/mol. The molecule has 0 aliphatic carbocycles. The lowest BCUT2D eigenvalue weighted by Crippen LogP contribution is -2.23. The van der Waals surface area contributed by atoms with E-state index in [-0.39, 0.29) is 0 Å². The van der Waals surface area contributed by atoms with Crippen molar-refractivity contribution in [1.82, 2.24) is 9.80 Å². The van der Waals surface area contributed by atoms with Crippen molar-refractivity contribution in [3.05, 3.63) is 33.4 Å². The molecule has 1 aromatic rings. The first-order chi connectivity index (χ1) is 10.6. The second-order valence-corrected chi connectivity index (χ2v) is 7.42. The van der Waals surface area contributed by atoms with E-state index in [1.54, 1.807) is 33.4 Å². The van der Waals surface area contributed by atoms with Gasteiger partial charge in [0.25, 0.3) is 0 Å². The summed E-state index contributed by atoms with van der Waals surface area (Å²) in [4.78, 5) is 5.27. The van der Waals surface area contributed by atoms with Crippen molar-refractivity contribution in [3.8, 4) is 0 Å². The van der Waals surface area contributed by atoms with Gasteiger partial charge in [-0.3, -0.25) is 9.80 Å². The maximum atomic E-state index is 2.63. The van der Waals surface area contributed by atoms with Crippen molar-refractivity contribution in [1.29, 1.82) is 0 Å². The Balaban J connectivity index is 1.88. The molecule has 0 spiro atoms. The van der Waals surface area contributed by atoms with Crippen LogP contribution in [-0.4, -0.2) is 36.0 Å². The van der Waals surface area contributed by atoms with Crippen LogP contribution in [-0.2, 0) is 13.1 Å². The highest BCUT2D eigenvalue weighted by molar-refractivity contribution is 5.50. The van der Waals surface area contributed by atoms with Gasteiger partial charge in [0.05, 0.1) is 0 Å². The van der Waals surface area contributed by atoms with Gasteiger partial charge in [-0.2, -0.15) is 0 Å². The summed E-state index contributed by atoms with van der Waals surface area (Å²) in [5, 5.41) is 0. The number of benzene rings is 1. The topological polar surface area (TPSA) is 6.48 Å². The van der Waals surface area contributed by atoms with Crippen molar-refractivity contribution in [3.63, 3.8) is 0 Å². The number of nitrogens with zero attached hydrogens (tertiary/aromatic N) is 2. The molecule has 2 aliphatic heterocycles. The summed E-state index contributed by atoms with van der Waals surface area (Å²) in [6, 6.07) is 0. The Hall–Kier alpha value is -0.860. The fourth-order valence-corrected chi connectivity index (χ4v) is 4.27. The quantitative estimate of drug-likeness (QED) is 0.825. The first-order valence-corrected chi connectivity index (χ1v) is 9.10. The van der Waals surface area contributed by atoms with Crippen LogP contribution in [0.5, 0.6) is 0 Å². The van der Waals surface area contributed by atoms with E-state index in [0.717, 1.165) is 13.1 Å². The highest BCUT2D eigenvalue weighted by atomic mass is 15.1. The van der Waals surface area contributed by atoms with E-state index in [0.29, 0.717) is 0 Å². The first kappa shape index (κ1) is 16.0.